The fraction of sp³-hybridized carbons (Fsp3) is 0.345. The first-order chi connectivity index (χ1) is 18.4. The van der Waals surface area contributed by atoms with Crippen LogP contribution >= 0.6 is 11.3 Å². The van der Waals surface area contributed by atoms with Crippen molar-refractivity contribution in [3.63, 3.8) is 0 Å². The van der Waals surface area contributed by atoms with Crippen molar-refractivity contribution in [1.82, 2.24) is 4.57 Å². The minimum absolute atomic E-state index is 0.210. The third kappa shape index (κ3) is 5.11. The number of fused-ring (bicyclic) bond motifs is 1. The van der Waals surface area contributed by atoms with Crippen LogP contribution in [-0.2, 0) is 9.53 Å². The van der Waals surface area contributed by atoms with E-state index in [1.165, 1.54) is 11.3 Å². The van der Waals surface area contributed by atoms with Gasteiger partial charge in [-0.25, -0.2) is 9.79 Å². The van der Waals surface area contributed by atoms with Gasteiger partial charge in [0, 0.05) is 18.8 Å². The summed E-state index contributed by atoms with van der Waals surface area (Å²) in [6, 6.07) is 12.8. The van der Waals surface area contributed by atoms with Gasteiger partial charge >= 0.3 is 5.97 Å². The van der Waals surface area contributed by atoms with Gasteiger partial charge in [-0.2, -0.15) is 0 Å². The predicted octanol–water partition coefficient (Wildman–Crippen LogP) is 3.66. The Labute approximate surface area is 226 Å². The average Bonchev–Trinajstić information content (AvgIpc) is 3.23. The highest BCUT2D eigenvalue weighted by Crippen LogP contribution is 2.36. The Bertz CT molecular complexity index is 1530. The lowest BCUT2D eigenvalue weighted by atomic mass is 9.95. The number of carbonyl (C=O) groups is 1. The van der Waals surface area contributed by atoms with Crippen LogP contribution < -0.4 is 29.3 Å². The minimum atomic E-state index is -0.725. The van der Waals surface area contributed by atoms with Gasteiger partial charge in [0.15, 0.2) is 16.3 Å². The van der Waals surface area contributed by atoms with Crippen LogP contribution in [0.5, 0.6) is 11.5 Å². The van der Waals surface area contributed by atoms with Crippen molar-refractivity contribution < 1.29 is 19.0 Å². The van der Waals surface area contributed by atoms with Crippen molar-refractivity contribution in [2.45, 2.75) is 33.7 Å². The predicted molar refractivity (Wildman–Crippen MR) is 150 cm³/mol. The van der Waals surface area contributed by atoms with Gasteiger partial charge in [0.05, 0.1) is 42.7 Å². The molecule has 9 heteroatoms. The lowest BCUT2D eigenvalue weighted by Gasteiger charge is -2.25. The number of ether oxygens (including phenoxy) is 3. The number of esters is 1. The SMILES string of the molecule is CCOC(=O)C1=C(C)N=c2sc(=Cc3ccc(N(CC)CC)cc3)c(=O)n2[C@H]1c1ccc(OC)c(OC)c1. The third-order valence-electron chi connectivity index (χ3n) is 6.56. The summed E-state index contributed by atoms with van der Waals surface area (Å²) >= 11 is 1.30. The Morgan fingerprint density at radius 2 is 1.74 bits per heavy atom. The van der Waals surface area contributed by atoms with Gasteiger partial charge in [-0.3, -0.25) is 9.36 Å². The first kappa shape index (κ1) is 27.2. The molecular weight excluding hydrogens is 502 g/mol. The van der Waals surface area contributed by atoms with Crippen LogP contribution in [0, 0.1) is 0 Å². The number of benzene rings is 2. The number of hydrogen-bond acceptors (Lipinski definition) is 8. The zero-order valence-corrected chi connectivity index (χ0v) is 23.4. The van der Waals surface area contributed by atoms with E-state index in [-0.39, 0.29) is 12.2 Å². The molecule has 0 amide bonds. The van der Waals surface area contributed by atoms with Crippen molar-refractivity contribution in [3.8, 4) is 11.5 Å². The van der Waals surface area contributed by atoms with Crippen LogP contribution in [0.1, 0.15) is 44.9 Å². The molecule has 4 rings (SSSR count). The van der Waals surface area contributed by atoms with Crippen molar-refractivity contribution in [3.05, 3.63) is 84.5 Å². The molecule has 0 spiro atoms. The van der Waals surface area contributed by atoms with Gasteiger partial charge < -0.3 is 19.1 Å². The topological polar surface area (TPSA) is 82.4 Å². The monoisotopic (exact) mass is 535 g/mol. The second-order valence-electron chi connectivity index (χ2n) is 8.68. The summed E-state index contributed by atoms with van der Waals surface area (Å²) in [6.07, 6.45) is 1.87. The summed E-state index contributed by atoms with van der Waals surface area (Å²) in [5, 5.41) is 0. The molecule has 1 aromatic heterocycles. The molecule has 8 nitrogen and oxygen atoms in total. The summed E-state index contributed by atoms with van der Waals surface area (Å²) in [5.74, 6) is 0.545. The van der Waals surface area contributed by atoms with Crippen molar-refractivity contribution in [2.75, 3.05) is 38.8 Å². The second-order valence-corrected chi connectivity index (χ2v) is 9.69. The van der Waals surface area contributed by atoms with E-state index in [2.05, 4.69) is 35.9 Å². The molecule has 2 heterocycles. The highest BCUT2D eigenvalue weighted by atomic mass is 32.1. The summed E-state index contributed by atoms with van der Waals surface area (Å²) < 4.78 is 18.4. The molecule has 2 aromatic carbocycles. The van der Waals surface area contributed by atoms with E-state index in [1.807, 2.05) is 24.3 Å². The van der Waals surface area contributed by atoms with Crippen LogP contribution in [0.25, 0.3) is 6.08 Å². The molecule has 0 aliphatic carbocycles. The maximum absolute atomic E-state index is 13.8. The quantitative estimate of drug-likeness (QED) is 0.389. The van der Waals surface area contributed by atoms with Gasteiger partial charge in [0.25, 0.3) is 5.56 Å². The van der Waals surface area contributed by atoms with E-state index in [1.54, 1.807) is 44.8 Å². The Morgan fingerprint density at radius 1 is 1.05 bits per heavy atom. The summed E-state index contributed by atoms with van der Waals surface area (Å²) in [4.78, 5) is 34.4. The molecule has 0 saturated carbocycles. The lowest BCUT2D eigenvalue weighted by Crippen LogP contribution is -2.40. The normalized spacial score (nSPS) is 15.1. The molecular formula is C29H33N3O5S. The van der Waals surface area contributed by atoms with E-state index in [9.17, 15) is 9.59 Å². The zero-order chi connectivity index (χ0) is 27.4. The fourth-order valence-corrected chi connectivity index (χ4v) is 5.70. The molecule has 1 atom stereocenters. The van der Waals surface area contributed by atoms with E-state index in [4.69, 9.17) is 14.2 Å². The highest BCUT2D eigenvalue weighted by Gasteiger charge is 2.33. The molecule has 0 fully saturated rings. The van der Waals surface area contributed by atoms with E-state index >= 15 is 0 Å². The van der Waals surface area contributed by atoms with Crippen molar-refractivity contribution in [2.24, 2.45) is 4.99 Å². The third-order valence-corrected chi connectivity index (χ3v) is 7.54. The Hall–Kier alpha value is -3.85. The fourth-order valence-electron chi connectivity index (χ4n) is 4.65. The zero-order valence-electron chi connectivity index (χ0n) is 22.6. The molecule has 1 aliphatic heterocycles. The maximum Gasteiger partial charge on any atom is 0.338 e. The lowest BCUT2D eigenvalue weighted by molar-refractivity contribution is -0.139. The van der Waals surface area contributed by atoms with Crippen molar-refractivity contribution in [1.29, 1.82) is 0 Å². The van der Waals surface area contributed by atoms with Gasteiger partial charge in [-0.05, 0) is 69.2 Å². The standard InChI is InChI=1S/C29H33N3O5S/c1-7-31(8-2)21-13-10-19(11-14-21)16-24-27(33)32-26(20-12-15-22(35-5)23(17-20)36-6)25(28(34)37-9-3)18(4)30-29(32)38-24/h10-17,26H,7-9H2,1-6H3/t26-/m0/s1. The number of thiazole rings is 1. The highest BCUT2D eigenvalue weighted by molar-refractivity contribution is 7.07. The molecule has 0 bridgehead atoms. The average molecular weight is 536 g/mol. The first-order valence-corrected chi connectivity index (χ1v) is 13.4. The summed E-state index contributed by atoms with van der Waals surface area (Å²) in [6.45, 7) is 9.82. The number of allylic oxidation sites excluding steroid dienone is 1. The first-order valence-electron chi connectivity index (χ1n) is 12.6. The number of anilines is 1. The molecule has 1 aliphatic rings. The van der Waals surface area contributed by atoms with Crippen LogP contribution in [0.15, 0.2) is 63.5 Å². The Kier molecular flexibility index (Phi) is 8.36. The van der Waals surface area contributed by atoms with E-state index in [0.717, 1.165) is 24.3 Å². The van der Waals surface area contributed by atoms with Crippen molar-refractivity contribution >= 4 is 29.1 Å². The van der Waals surface area contributed by atoms with Crippen LogP contribution in [-0.4, -0.2) is 44.5 Å². The molecule has 200 valence electrons. The summed E-state index contributed by atoms with van der Waals surface area (Å²) in [5.41, 5.74) is 3.35. The van der Waals surface area contributed by atoms with Crippen LogP contribution in [0.3, 0.4) is 0 Å². The number of methoxy groups -OCH3 is 2. The van der Waals surface area contributed by atoms with Crippen LogP contribution in [0.2, 0.25) is 0 Å². The molecule has 3 aromatic rings. The van der Waals surface area contributed by atoms with Crippen LogP contribution in [0.4, 0.5) is 5.69 Å². The maximum atomic E-state index is 13.8. The minimum Gasteiger partial charge on any atom is -0.493 e. The number of hydrogen-bond donors (Lipinski definition) is 0. The largest absolute Gasteiger partial charge is 0.493 e. The van der Waals surface area contributed by atoms with Gasteiger partial charge in [0.1, 0.15) is 0 Å². The molecule has 0 N–H and O–H groups in total. The molecule has 0 unspecified atom stereocenters. The van der Waals surface area contributed by atoms with Gasteiger partial charge in [0.2, 0.25) is 0 Å². The van der Waals surface area contributed by atoms with E-state index < -0.39 is 12.0 Å². The second kappa shape index (κ2) is 11.7. The molecule has 0 saturated heterocycles. The Morgan fingerprint density at radius 3 is 2.34 bits per heavy atom. The molecule has 38 heavy (non-hydrogen) atoms. The number of aromatic nitrogens is 1. The van der Waals surface area contributed by atoms with E-state index in [0.29, 0.717) is 37.7 Å². The molecule has 0 radical (unpaired) electrons. The number of nitrogens with zero attached hydrogens (tertiary/aromatic N) is 3. The Balaban J connectivity index is 1.88. The smallest absolute Gasteiger partial charge is 0.338 e. The van der Waals surface area contributed by atoms with Gasteiger partial charge in [-0.15, -0.1) is 0 Å². The number of carbonyl (C=O) groups excluding carboxylic acids is 1. The van der Waals surface area contributed by atoms with Gasteiger partial charge in [-0.1, -0.05) is 29.5 Å². The number of rotatable bonds is 9. The summed E-state index contributed by atoms with van der Waals surface area (Å²) in [7, 11) is 3.11.